The number of anilines is 2. The molecule has 2 unspecified atom stereocenters. The molecular weight excluding hydrogens is 397 g/mol. The van der Waals surface area contributed by atoms with Crippen molar-refractivity contribution >= 4 is 21.5 Å². The maximum Gasteiger partial charge on any atom is 0.534 e. The van der Waals surface area contributed by atoms with Crippen LogP contribution in [0.4, 0.5) is 24.5 Å². The Morgan fingerprint density at radius 2 is 1.89 bits per heavy atom. The fraction of sp³-hybridized carbons (Fsp3) is 0.389. The summed E-state index contributed by atoms with van der Waals surface area (Å²) in [5.74, 6) is 0.244. The van der Waals surface area contributed by atoms with Crippen molar-refractivity contribution in [3.8, 4) is 11.6 Å². The summed E-state index contributed by atoms with van der Waals surface area (Å²) < 4.78 is 70.7. The highest BCUT2D eigenvalue weighted by molar-refractivity contribution is 7.87. The lowest BCUT2D eigenvalue weighted by Crippen LogP contribution is -2.29. The molecule has 10 heteroatoms. The minimum absolute atomic E-state index is 0.0574. The van der Waals surface area contributed by atoms with E-state index in [1.807, 2.05) is 6.07 Å². The van der Waals surface area contributed by atoms with E-state index in [4.69, 9.17) is 4.74 Å². The molecule has 6 nitrogen and oxygen atoms in total. The van der Waals surface area contributed by atoms with Gasteiger partial charge >= 0.3 is 15.6 Å². The maximum absolute atomic E-state index is 12.7. The predicted molar refractivity (Wildman–Crippen MR) is 95.4 cm³/mol. The number of nitrogens with zero attached hydrogens (tertiary/aromatic N) is 1. The van der Waals surface area contributed by atoms with E-state index in [0.717, 1.165) is 30.5 Å². The number of aromatic nitrogens is 1. The maximum atomic E-state index is 12.7. The van der Waals surface area contributed by atoms with Gasteiger partial charge in [0.25, 0.3) is 0 Å². The Hall–Kier alpha value is -2.49. The average Bonchev–Trinajstić information content (AvgIpc) is 3.25. The Kier molecular flexibility index (Phi) is 4.40. The summed E-state index contributed by atoms with van der Waals surface area (Å²) in [6, 6.07) is 7.18. The quantitative estimate of drug-likeness (QED) is 0.576. The van der Waals surface area contributed by atoms with Crippen molar-refractivity contribution in [3.05, 3.63) is 41.6 Å². The van der Waals surface area contributed by atoms with Crippen molar-refractivity contribution in [2.45, 2.75) is 36.6 Å². The van der Waals surface area contributed by atoms with Crippen LogP contribution >= 0.6 is 0 Å². The van der Waals surface area contributed by atoms with Gasteiger partial charge in [0.1, 0.15) is 5.75 Å². The van der Waals surface area contributed by atoms with Crippen LogP contribution in [0.1, 0.15) is 42.2 Å². The Morgan fingerprint density at radius 3 is 2.57 bits per heavy atom. The van der Waals surface area contributed by atoms with Gasteiger partial charge in [-0.3, -0.25) is 0 Å². The molecule has 1 N–H and O–H groups in total. The number of hydrogen-bond donors (Lipinski definition) is 1. The topological polar surface area (TPSA) is 77.5 Å². The second-order valence-electron chi connectivity index (χ2n) is 6.85. The number of pyridine rings is 1. The standard InChI is InChI=1S/C18H17F3N2O4S/c1-26-13-4-2-3-12(8-13)23-14-9-22-17(27-28(24,25)18(19,20)21)16-11-6-5-10(7-11)15(14)16/h2-4,8-11,23H,5-7H2,1H3. The second kappa shape index (κ2) is 6.54. The molecule has 1 saturated carbocycles. The number of alkyl halides is 3. The van der Waals surface area contributed by atoms with E-state index in [1.165, 1.54) is 6.20 Å². The third-order valence-corrected chi connectivity index (χ3v) is 6.14. The lowest BCUT2D eigenvalue weighted by molar-refractivity contribution is -0.0501. The van der Waals surface area contributed by atoms with E-state index in [-0.39, 0.29) is 11.8 Å². The molecule has 4 rings (SSSR count). The number of benzene rings is 1. The predicted octanol–water partition coefficient (Wildman–Crippen LogP) is 4.43. The molecule has 0 spiro atoms. The van der Waals surface area contributed by atoms with E-state index in [2.05, 4.69) is 14.5 Å². The van der Waals surface area contributed by atoms with Gasteiger partial charge in [0.05, 0.1) is 19.0 Å². The number of rotatable bonds is 5. The van der Waals surface area contributed by atoms with E-state index in [0.29, 0.717) is 17.0 Å². The molecule has 28 heavy (non-hydrogen) atoms. The van der Waals surface area contributed by atoms with Gasteiger partial charge < -0.3 is 14.2 Å². The minimum Gasteiger partial charge on any atom is -0.497 e. The van der Waals surface area contributed by atoms with Gasteiger partial charge in [-0.2, -0.15) is 21.6 Å². The normalized spacial score (nSPS) is 20.7. The van der Waals surface area contributed by atoms with Crippen LogP contribution in [0.5, 0.6) is 11.6 Å². The van der Waals surface area contributed by atoms with Gasteiger partial charge in [0, 0.05) is 17.3 Å². The van der Waals surface area contributed by atoms with Crippen molar-refractivity contribution in [2.24, 2.45) is 0 Å². The van der Waals surface area contributed by atoms with Gasteiger partial charge in [-0.25, -0.2) is 4.98 Å². The molecule has 0 saturated heterocycles. The largest absolute Gasteiger partial charge is 0.534 e. The lowest BCUT2D eigenvalue weighted by atomic mass is 9.91. The molecule has 1 heterocycles. The molecule has 0 radical (unpaired) electrons. The highest BCUT2D eigenvalue weighted by Crippen LogP contribution is 2.58. The summed E-state index contributed by atoms with van der Waals surface area (Å²) >= 11 is 0. The molecule has 2 aliphatic carbocycles. The van der Waals surface area contributed by atoms with Crippen molar-refractivity contribution in [2.75, 3.05) is 12.4 Å². The minimum atomic E-state index is -5.77. The molecule has 2 aromatic rings. The molecule has 0 amide bonds. The van der Waals surface area contributed by atoms with Gasteiger partial charge in [-0.05, 0) is 48.8 Å². The van der Waals surface area contributed by atoms with E-state index >= 15 is 0 Å². The Bertz CT molecular complexity index is 1020. The number of ether oxygens (including phenoxy) is 1. The van der Waals surface area contributed by atoms with Gasteiger partial charge in [0.15, 0.2) is 0 Å². The van der Waals surface area contributed by atoms with Gasteiger partial charge in [-0.15, -0.1) is 0 Å². The first-order valence-corrected chi connectivity index (χ1v) is 10.0. The smallest absolute Gasteiger partial charge is 0.497 e. The van der Waals surface area contributed by atoms with Gasteiger partial charge in [0.2, 0.25) is 5.88 Å². The average molecular weight is 414 g/mol. The highest BCUT2D eigenvalue weighted by Gasteiger charge is 2.50. The molecule has 0 aliphatic heterocycles. The van der Waals surface area contributed by atoms with Crippen LogP contribution in [0.3, 0.4) is 0 Å². The number of halogens is 3. The number of fused-ring (bicyclic) bond motifs is 5. The van der Waals surface area contributed by atoms with Crippen LogP contribution < -0.4 is 14.2 Å². The van der Waals surface area contributed by atoms with Crippen molar-refractivity contribution < 1.29 is 30.5 Å². The van der Waals surface area contributed by atoms with Gasteiger partial charge in [-0.1, -0.05) is 6.07 Å². The van der Waals surface area contributed by atoms with Crippen LogP contribution in [-0.4, -0.2) is 26.0 Å². The zero-order valence-corrected chi connectivity index (χ0v) is 15.6. The SMILES string of the molecule is COc1cccc(Nc2cnc(OS(=O)(=O)C(F)(F)F)c3c2C2CCC3C2)c1. The number of nitrogens with one attached hydrogen (secondary N) is 1. The zero-order valence-electron chi connectivity index (χ0n) is 14.8. The lowest BCUT2D eigenvalue weighted by Gasteiger charge is -2.22. The highest BCUT2D eigenvalue weighted by atomic mass is 32.2. The van der Waals surface area contributed by atoms with E-state index in [1.54, 1.807) is 25.3 Å². The third kappa shape index (κ3) is 3.15. The molecule has 150 valence electrons. The number of methoxy groups -OCH3 is 1. The Balaban J connectivity index is 1.73. The van der Waals surface area contributed by atoms with Crippen molar-refractivity contribution in [3.63, 3.8) is 0 Å². The van der Waals surface area contributed by atoms with Crippen LogP contribution in [0, 0.1) is 0 Å². The summed E-state index contributed by atoms with van der Waals surface area (Å²) in [5.41, 5.74) is -2.91. The van der Waals surface area contributed by atoms with Crippen LogP contribution in [-0.2, 0) is 10.1 Å². The third-order valence-electron chi connectivity index (χ3n) is 5.19. The fourth-order valence-electron chi connectivity index (χ4n) is 4.04. The van der Waals surface area contributed by atoms with Crippen molar-refractivity contribution in [1.29, 1.82) is 0 Å². The summed E-state index contributed by atoms with van der Waals surface area (Å²) in [5, 5.41) is 3.21. The molecular formula is C18H17F3N2O4S. The first-order valence-electron chi connectivity index (χ1n) is 8.64. The van der Waals surface area contributed by atoms with Crippen LogP contribution in [0.25, 0.3) is 0 Å². The summed E-state index contributed by atoms with van der Waals surface area (Å²) in [4.78, 5) is 3.91. The first-order chi connectivity index (χ1) is 13.2. The summed E-state index contributed by atoms with van der Waals surface area (Å²) in [6.45, 7) is 0. The molecule has 1 aromatic heterocycles. The fourth-order valence-corrected chi connectivity index (χ4v) is 4.47. The Morgan fingerprint density at radius 1 is 1.18 bits per heavy atom. The second-order valence-corrected chi connectivity index (χ2v) is 8.39. The van der Waals surface area contributed by atoms with Crippen LogP contribution in [0.15, 0.2) is 30.5 Å². The Labute approximate surface area is 159 Å². The monoisotopic (exact) mass is 414 g/mol. The zero-order chi connectivity index (χ0) is 20.1. The van der Waals surface area contributed by atoms with E-state index < -0.39 is 21.5 Å². The molecule has 2 aliphatic rings. The van der Waals surface area contributed by atoms with Crippen LogP contribution in [0.2, 0.25) is 0 Å². The first kappa shape index (κ1) is 18.9. The van der Waals surface area contributed by atoms with Crippen molar-refractivity contribution in [1.82, 2.24) is 4.98 Å². The number of hydrogen-bond acceptors (Lipinski definition) is 6. The molecule has 1 aromatic carbocycles. The molecule has 1 fully saturated rings. The van der Waals surface area contributed by atoms with E-state index in [9.17, 15) is 21.6 Å². The molecule has 2 bridgehead atoms. The molecule has 2 atom stereocenters. The summed E-state index contributed by atoms with van der Waals surface area (Å²) in [7, 11) is -4.22. The summed E-state index contributed by atoms with van der Waals surface area (Å²) in [6.07, 6.45) is 3.72.